The maximum absolute atomic E-state index is 12.7. The van der Waals surface area contributed by atoms with Crippen LogP contribution in [0.4, 0.5) is 11.4 Å². The lowest BCUT2D eigenvalue weighted by Crippen LogP contribution is -2.15. The summed E-state index contributed by atoms with van der Waals surface area (Å²) >= 11 is 1.20. The summed E-state index contributed by atoms with van der Waals surface area (Å²) in [5, 5.41) is 22.9. The van der Waals surface area contributed by atoms with Gasteiger partial charge in [-0.2, -0.15) is 0 Å². The van der Waals surface area contributed by atoms with Crippen LogP contribution in [0, 0.1) is 10.1 Å². The summed E-state index contributed by atoms with van der Waals surface area (Å²) in [5.41, 5.74) is 1.81. The van der Waals surface area contributed by atoms with E-state index in [1.807, 2.05) is 41.0 Å². The summed E-state index contributed by atoms with van der Waals surface area (Å²) in [6, 6.07) is 15.0. The molecular weight excluding hydrogens is 472 g/mol. The van der Waals surface area contributed by atoms with Crippen molar-refractivity contribution < 1.29 is 19.2 Å². The number of pyridine rings is 1. The first-order valence-corrected chi connectivity index (χ1v) is 11.2. The summed E-state index contributed by atoms with van der Waals surface area (Å²) in [6.07, 6.45) is 3.33. The third kappa shape index (κ3) is 5.38. The van der Waals surface area contributed by atoms with Crippen LogP contribution in [0.25, 0.3) is 17.1 Å². The summed E-state index contributed by atoms with van der Waals surface area (Å²) in [7, 11) is 2.97. The van der Waals surface area contributed by atoms with Gasteiger partial charge in [0.2, 0.25) is 5.91 Å². The van der Waals surface area contributed by atoms with Crippen molar-refractivity contribution in [1.82, 2.24) is 19.7 Å². The molecule has 0 bridgehead atoms. The highest BCUT2D eigenvalue weighted by atomic mass is 32.2. The Bertz CT molecular complexity index is 1340. The van der Waals surface area contributed by atoms with Gasteiger partial charge in [0.25, 0.3) is 5.69 Å². The van der Waals surface area contributed by atoms with Gasteiger partial charge >= 0.3 is 0 Å². The number of non-ortho nitro benzene ring substituents is 1. The first-order valence-electron chi connectivity index (χ1n) is 10.3. The van der Waals surface area contributed by atoms with Crippen molar-refractivity contribution in [3.63, 3.8) is 0 Å². The largest absolute Gasteiger partial charge is 0.497 e. The van der Waals surface area contributed by atoms with E-state index in [-0.39, 0.29) is 23.1 Å². The lowest BCUT2D eigenvalue weighted by molar-refractivity contribution is -0.384. The molecule has 4 aromatic rings. The van der Waals surface area contributed by atoms with Crippen LogP contribution in [0.15, 0.2) is 72.1 Å². The summed E-state index contributed by atoms with van der Waals surface area (Å²) in [5.74, 6) is 1.18. The number of methoxy groups -OCH3 is 2. The van der Waals surface area contributed by atoms with Crippen LogP contribution >= 0.6 is 11.8 Å². The normalized spacial score (nSPS) is 10.6. The van der Waals surface area contributed by atoms with Crippen molar-refractivity contribution in [1.29, 1.82) is 0 Å². The number of aromatic nitrogens is 4. The average molecular weight is 493 g/mol. The maximum Gasteiger partial charge on any atom is 0.273 e. The van der Waals surface area contributed by atoms with Gasteiger partial charge in [-0.05, 0) is 42.5 Å². The lowest BCUT2D eigenvalue weighted by Gasteiger charge is -2.12. The zero-order valence-corrected chi connectivity index (χ0v) is 19.6. The SMILES string of the molecule is COc1ccc(-n2c(SCC(=O)Nc3ccc([N+](=O)[O-])cc3OC)nnc2-c2ccncc2)cc1. The highest BCUT2D eigenvalue weighted by Crippen LogP contribution is 2.31. The minimum absolute atomic E-state index is 0.0186. The van der Waals surface area contributed by atoms with E-state index in [0.29, 0.717) is 22.4 Å². The van der Waals surface area contributed by atoms with Crippen LogP contribution in [-0.4, -0.2) is 50.6 Å². The maximum atomic E-state index is 12.7. The Hall–Kier alpha value is -4.45. The molecule has 12 heteroatoms. The number of nitrogens with one attached hydrogen (secondary N) is 1. The van der Waals surface area contributed by atoms with E-state index in [4.69, 9.17) is 9.47 Å². The Balaban J connectivity index is 1.57. The van der Waals surface area contributed by atoms with Gasteiger partial charge in [-0.15, -0.1) is 10.2 Å². The molecule has 0 spiro atoms. The van der Waals surface area contributed by atoms with E-state index in [1.54, 1.807) is 19.5 Å². The van der Waals surface area contributed by atoms with E-state index in [1.165, 1.54) is 37.1 Å². The first-order chi connectivity index (χ1) is 17.0. The highest BCUT2D eigenvalue weighted by Gasteiger charge is 2.19. The third-order valence-electron chi connectivity index (χ3n) is 4.90. The Labute approximate surface area is 204 Å². The van der Waals surface area contributed by atoms with Crippen LogP contribution in [0.2, 0.25) is 0 Å². The molecule has 2 aromatic carbocycles. The predicted molar refractivity (Wildman–Crippen MR) is 130 cm³/mol. The molecule has 178 valence electrons. The number of hydrogen-bond acceptors (Lipinski definition) is 9. The van der Waals surface area contributed by atoms with Crippen molar-refractivity contribution in [2.24, 2.45) is 0 Å². The number of benzene rings is 2. The predicted octanol–water partition coefficient (Wildman–Crippen LogP) is 3.99. The Morgan fingerprint density at radius 1 is 1.06 bits per heavy atom. The topological polar surface area (TPSA) is 134 Å². The summed E-state index contributed by atoms with van der Waals surface area (Å²) < 4.78 is 12.3. The van der Waals surface area contributed by atoms with E-state index in [0.717, 1.165) is 11.3 Å². The number of anilines is 1. The molecule has 11 nitrogen and oxygen atoms in total. The molecule has 35 heavy (non-hydrogen) atoms. The molecule has 1 N–H and O–H groups in total. The fourth-order valence-corrected chi connectivity index (χ4v) is 3.98. The smallest absolute Gasteiger partial charge is 0.273 e. The molecule has 0 aliphatic rings. The number of nitro benzene ring substituents is 1. The number of ether oxygens (including phenoxy) is 2. The molecule has 0 fully saturated rings. The van der Waals surface area contributed by atoms with Crippen LogP contribution in [0.1, 0.15) is 0 Å². The van der Waals surface area contributed by atoms with Gasteiger partial charge in [-0.25, -0.2) is 0 Å². The van der Waals surface area contributed by atoms with Gasteiger partial charge in [0.15, 0.2) is 11.0 Å². The number of amides is 1. The first kappa shape index (κ1) is 23.7. The number of hydrogen-bond donors (Lipinski definition) is 1. The molecule has 2 heterocycles. The second-order valence-electron chi connectivity index (χ2n) is 7.05. The summed E-state index contributed by atoms with van der Waals surface area (Å²) in [4.78, 5) is 27.2. The molecule has 4 rings (SSSR count). The van der Waals surface area contributed by atoms with E-state index >= 15 is 0 Å². The fourth-order valence-electron chi connectivity index (χ4n) is 3.23. The van der Waals surface area contributed by atoms with Gasteiger partial charge in [-0.3, -0.25) is 24.5 Å². The second kappa shape index (κ2) is 10.7. The number of nitro groups is 1. The zero-order valence-electron chi connectivity index (χ0n) is 18.7. The van der Waals surface area contributed by atoms with Gasteiger partial charge in [0, 0.05) is 29.7 Å². The third-order valence-corrected chi connectivity index (χ3v) is 5.83. The van der Waals surface area contributed by atoms with Gasteiger partial charge in [0.05, 0.1) is 36.6 Å². The quantitative estimate of drug-likeness (QED) is 0.209. The monoisotopic (exact) mass is 492 g/mol. The molecule has 0 radical (unpaired) electrons. The number of carbonyl (C=O) groups excluding carboxylic acids is 1. The van der Waals surface area contributed by atoms with Crippen molar-refractivity contribution in [3.8, 4) is 28.6 Å². The van der Waals surface area contributed by atoms with Gasteiger partial charge in [0.1, 0.15) is 11.5 Å². The second-order valence-corrected chi connectivity index (χ2v) is 8.00. The minimum Gasteiger partial charge on any atom is -0.497 e. The van der Waals surface area contributed by atoms with Crippen LogP contribution in [0.5, 0.6) is 11.5 Å². The molecule has 0 saturated heterocycles. The lowest BCUT2D eigenvalue weighted by atomic mass is 10.2. The Morgan fingerprint density at radius 3 is 2.46 bits per heavy atom. The van der Waals surface area contributed by atoms with Crippen LogP contribution in [-0.2, 0) is 4.79 Å². The standard InChI is InChI=1S/C23H20N6O5S/c1-33-18-6-3-16(4-7-18)28-22(15-9-11-24-12-10-15)26-27-23(28)35-14-21(30)25-19-8-5-17(29(31)32)13-20(19)34-2/h3-13H,14H2,1-2H3,(H,25,30). The highest BCUT2D eigenvalue weighted by molar-refractivity contribution is 7.99. The van der Waals surface area contributed by atoms with Gasteiger partial charge < -0.3 is 14.8 Å². The number of rotatable bonds is 9. The summed E-state index contributed by atoms with van der Waals surface area (Å²) in [6.45, 7) is 0. The average Bonchev–Trinajstić information content (AvgIpc) is 3.32. The number of nitrogens with zero attached hydrogens (tertiary/aromatic N) is 5. The molecule has 0 atom stereocenters. The zero-order chi connectivity index (χ0) is 24.8. The van der Waals surface area contributed by atoms with E-state index < -0.39 is 4.92 Å². The molecular formula is C23H20N6O5S. The molecule has 0 aliphatic carbocycles. The molecule has 0 unspecified atom stereocenters. The molecule has 0 aliphatic heterocycles. The van der Waals surface area contributed by atoms with Crippen molar-refractivity contribution in [2.45, 2.75) is 5.16 Å². The number of carbonyl (C=O) groups is 1. The molecule has 2 aromatic heterocycles. The van der Waals surface area contributed by atoms with Crippen molar-refractivity contribution in [2.75, 3.05) is 25.3 Å². The van der Waals surface area contributed by atoms with Crippen LogP contribution < -0.4 is 14.8 Å². The van der Waals surface area contributed by atoms with E-state index in [2.05, 4.69) is 20.5 Å². The molecule has 0 saturated carbocycles. The Kier molecular flexibility index (Phi) is 7.21. The van der Waals surface area contributed by atoms with Crippen molar-refractivity contribution in [3.05, 3.63) is 77.1 Å². The minimum atomic E-state index is -0.531. The molecule has 1 amide bonds. The van der Waals surface area contributed by atoms with Gasteiger partial charge in [-0.1, -0.05) is 11.8 Å². The van der Waals surface area contributed by atoms with Crippen LogP contribution in [0.3, 0.4) is 0 Å². The fraction of sp³-hybridized carbons (Fsp3) is 0.130. The Morgan fingerprint density at radius 2 is 1.80 bits per heavy atom. The van der Waals surface area contributed by atoms with Crippen molar-refractivity contribution >= 4 is 29.0 Å². The van der Waals surface area contributed by atoms with E-state index in [9.17, 15) is 14.9 Å². The number of thioether (sulfide) groups is 1.